The molecule has 0 atom stereocenters. The van der Waals surface area contributed by atoms with Crippen molar-refractivity contribution in [3.63, 3.8) is 0 Å². The molecule has 0 bridgehead atoms. The number of hydrogen-bond donors (Lipinski definition) is 2. The third kappa shape index (κ3) is 10.6. The predicted molar refractivity (Wildman–Crippen MR) is 82.8 cm³/mol. The lowest BCUT2D eigenvalue weighted by atomic mass is 9.93. The van der Waals surface area contributed by atoms with Crippen LogP contribution in [0.15, 0.2) is 12.3 Å². The molecular formula is C16H34N2. The Balaban J connectivity index is 3.19. The molecule has 0 aromatic rings. The van der Waals surface area contributed by atoms with E-state index in [1.54, 1.807) is 0 Å². The van der Waals surface area contributed by atoms with Crippen LogP contribution in [0.2, 0.25) is 0 Å². The Hall–Kier alpha value is -0.500. The topological polar surface area (TPSA) is 24.1 Å². The zero-order valence-electron chi connectivity index (χ0n) is 13.1. The van der Waals surface area contributed by atoms with E-state index in [-0.39, 0.29) is 5.41 Å². The molecule has 0 rings (SSSR count). The highest BCUT2D eigenvalue weighted by Gasteiger charge is 2.13. The third-order valence-electron chi connectivity index (χ3n) is 3.25. The normalized spacial score (nSPS) is 11.6. The second-order valence-corrected chi connectivity index (χ2v) is 6.17. The maximum absolute atomic E-state index is 4.06. The van der Waals surface area contributed by atoms with Crippen molar-refractivity contribution in [2.75, 3.05) is 19.6 Å². The zero-order valence-corrected chi connectivity index (χ0v) is 13.1. The summed E-state index contributed by atoms with van der Waals surface area (Å²) in [5, 5.41) is 6.86. The van der Waals surface area contributed by atoms with E-state index in [0.29, 0.717) is 0 Å². The Morgan fingerprint density at radius 1 is 0.889 bits per heavy atom. The highest BCUT2D eigenvalue weighted by Crippen LogP contribution is 2.20. The van der Waals surface area contributed by atoms with Crippen molar-refractivity contribution in [2.24, 2.45) is 5.41 Å². The van der Waals surface area contributed by atoms with E-state index in [2.05, 4.69) is 44.9 Å². The van der Waals surface area contributed by atoms with Gasteiger partial charge in [-0.15, -0.1) is 0 Å². The Labute approximate surface area is 115 Å². The van der Waals surface area contributed by atoms with Crippen LogP contribution in [-0.4, -0.2) is 19.6 Å². The largest absolute Gasteiger partial charge is 0.387 e. The first-order valence-electron chi connectivity index (χ1n) is 7.62. The minimum atomic E-state index is 0.166. The molecule has 0 fully saturated rings. The Kier molecular flexibility index (Phi) is 10.1. The molecule has 0 saturated carbocycles. The van der Waals surface area contributed by atoms with E-state index in [9.17, 15) is 0 Å². The maximum Gasteiger partial charge on any atom is 0.0269 e. The van der Waals surface area contributed by atoms with Crippen molar-refractivity contribution < 1.29 is 0 Å². The lowest BCUT2D eigenvalue weighted by Crippen LogP contribution is -2.31. The third-order valence-corrected chi connectivity index (χ3v) is 3.25. The highest BCUT2D eigenvalue weighted by atomic mass is 15.0. The number of allylic oxidation sites excluding steroid dienone is 1. The van der Waals surface area contributed by atoms with Gasteiger partial charge in [0, 0.05) is 24.2 Å². The van der Waals surface area contributed by atoms with Crippen molar-refractivity contribution in [3.05, 3.63) is 12.3 Å². The molecule has 0 aromatic heterocycles. The van der Waals surface area contributed by atoms with Gasteiger partial charge in [-0.1, -0.05) is 66.4 Å². The van der Waals surface area contributed by atoms with Gasteiger partial charge in [0.15, 0.2) is 0 Å². The van der Waals surface area contributed by atoms with Crippen LogP contribution in [0.1, 0.15) is 66.2 Å². The van der Waals surface area contributed by atoms with Crippen LogP contribution in [0.25, 0.3) is 0 Å². The molecule has 2 nitrogen and oxygen atoms in total. The van der Waals surface area contributed by atoms with Crippen LogP contribution >= 0.6 is 0 Å². The maximum atomic E-state index is 4.06. The van der Waals surface area contributed by atoms with Crippen LogP contribution in [0.3, 0.4) is 0 Å². The molecule has 0 radical (unpaired) electrons. The molecular weight excluding hydrogens is 220 g/mol. The Bertz CT molecular complexity index is 204. The molecule has 0 aliphatic heterocycles. The van der Waals surface area contributed by atoms with Crippen molar-refractivity contribution in [2.45, 2.75) is 66.2 Å². The summed E-state index contributed by atoms with van der Waals surface area (Å²) >= 11 is 0. The smallest absolute Gasteiger partial charge is 0.0269 e. The number of unbranched alkanes of at least 4 members (excludes halogenated alkanes) is 5. The van der Waals surface area contributed by atoms with E-state index >= 15 is 0 Å². The molecule has 0 aliphatic carbocycles. The van der Waals surface area contributed by atoms with Gasteiger partial charge in [-0.05, 0) is 13.0 Å². The highest BCUT2D eigenvalue weighted by molar-refractivity contribution is 5.02. The quantitative estimate of drug-likeness (QED) is 0.543. The number of nitrogens with one attached hydrogen (secondary N) is 2. The Morgan fingerprint density at radius 2 is 1.50 bits per heavy atom. The summed E-state index contributed by atoms with van der Waals surface area (Å²) in [6, 6.07) is 0. The van der Waals surface area contributed by atoms with E-state index in [4.69, 9.17) is 0 Å². The molecule has 0 amide bonds. The van der Waals surface area contributed by atoms with Gasteiger partial charge in [-0.3, -0.25) is 0 Å². The van der Waals surface area contributed by atoms with E-state index in [1.165, 1.54) is 38.5 Å². The minimum Gasteiger partial charge on any atom is -0.387 e. The lowest BCUT2D eigenvalue weighted by Gasteiger charge is -2.23. The summed E-state index contributed by atoms with van der Waals surface area (Å²) in [6.07, 6.45) is 8.21. The SMILES string of the molecule is C=C(NCCNCCCCCCCC)C(C)(C)C. The average molecular weight is 254 g/mol. The molecule has 0 spiro atoms. The van der Waals surface area contributed by atoms with Crippen molar-refractivity contribution in [1.29, 1.82) is 0 Å². The fourth-order valence-electron chi connectivity index (χ4n) is 1.72. The first-order valence-corrected chi connectivity index (χ1v) is 7.62. The lowest BCUT2D eigenvalue weighted by molar-refractivity contribution is 0.458. The molecule has 0 unspecified atom stereocenters. The number of hydrogen-bond acceptors (Lipinski definition) is 2. The van der Waals surface area contributed by atoms with Gasteiger partial charge in [-0.25, -0.2) is 0 Å². The monoisotopic (exact) mass is 254 g/mol. The molecule has 108 valence electrons. The van der Waals surface area contributed by atoms with Gasteiger partial charge in [0.2, 0.25) is 0 Å². The molecule has 0 saturated heterocycles. The number of rotatable bonds is 11. The summed E-state index contributed by atoms with van der Waals surface area (Å²) in [6.45, 7) is 16.0. The molecule has 18 heavy (non-hydrogen) atoms. The Morgan fingerprint density at radius 3 is 2.11 bits per heavy atom. The van der Waals surface area contributed by atoms with Gasteiger partial charge >= 0.3 is 0 Å². The van der Waals surface area contributed by atoms with Gasteiger partial charge in [0.25, 0.3) is 0 Å². The average Bonchev–Trinajstić information content (AvgIpc) is 2.30. The van der Waals surface area contributed by atoms with Crippen LogP contribution in [0.5, 0.6) is 0 Å². The predicted octanol–water partition coefficient (Wildman–Crippen LogP) is 4.09. The van der Waals surface area contributed by atoms with Gasteiger partial charge in [-0.2, -0.15) is 0 Å². The zero-order chi connectivity index (χ0) is 13.9. The summed E-state index contributed by atoms with van der Waals surface area (Å²) in [5.41, 5.74) is 1.29. The molecule has 2 heteroatoms. The molecule has 0 aromatic carbocycles. The summed E-state index contributed by atoms with van der Waals surface area (Å²) in [4.78, 5) is 0. The molecule has 0 aliphatic rings. The van der Waals surface area contributed by atoms with Crippen molar-refractivity contribution in [1.82, 2.24) is 10.6 Å². The van der Waals surface area contributed by atoms with Gasteiger partial charge < -0.3 is 10.6 Å². The first-order chi connectivity index (χ1) is 8.48. The van der Waals surface area contributed by atoms with Gasteiger partial charge in [0.1, 0.15) is 0 Å². The summed E-state index contributed by atoms with van der Waals surface area (Å²) < 4.78 is 0. The fraction of sp³-hybridized carbons (Fsp3) is 0.875. The second-order valence-electron chi connectivity index (χ2n) is 6.17. The first kappa shape index (κ1) is 17.5. The van der Waals surface area contributed by atoms with Crippen LogP contribution in [0, 0.1) is 5.41 Å². The minimum absolute atomic E-state index is 0.166. The van der Waals surface area contributed by atoms with Crippen molar-refractivity contribution >= 4 is 0 Å². The molecule has 0 heterocycles. The fourth-order valence-corrected chi connectivity index (χ4v) is 1.72. The van der Waals surface area contributed by atoms with Gasteiger partial charge in [0.05, 0.1) is 0 Å². The van der Waals surface area contributed by atoms with E-state index in [0.717, 1.165) is 25.3 Å². The second kappa shape index (κ2) is 10.4. The summed E-state index contributed by atoms with van der Waals surface area (Å²) in [7, 11) is 0. The molecule has 2 N–H and O–H groups in total. The van der Waals surface area contributed by atoms with Crippen LogP contribution in [0.4, 0.5) is 0 Å². The van der Waals surface area contributed by atoms with E-state index in [1.807, 2.05) is 0 Å². The standard InChI is InChI=1S/C16H34N2/c1-6-7-8-9-10-11-12-17-13-14-18-15(2)16(3,4)5/h17-18H,2,6-14H2,1,3-5H3. The van der Waals surface area contributed by atoms with Crippen LogP contribution in [-0.2, 0) is 0 Å². The van der Waals surface area contributed by atoms with Crippen LogP contribution < -0.4 is 10.6 Å². The van der Waals surface area contributed by atoms with Crippen molar-refractivity contribution in [3.8, 4) is 0 Å². The van der Waals surface area contributed by atoms with E-state index < -0.39 is 0 Å². The summed E-state index contributed by atoms with van der Waals surface area (Å²) in [5.74, 6) is 0.